The zero-order valence-electron chi connectivity index (χ0n) is 15.3. The van der Waals surface area contributed by atoms with Crippen LogP contribution in [0.5, 0.6) is 0 Å². The van der Waals surface area contributed by atoms with Gasteiger partial charge >= 0.3 is 0 Å². The van der Waals surface area contributed by atoms with E-state index in [0.29, 0.717) is 13.1 Å². The molecule has 1 spiro atoms. The molecule has 6 heteroatoms. The third kappa shape index (κ3) is 2.93. The number of carbonyl (C=O) groups is 1. The lowest BCUT2D eigenvalue weighted by atomic mass is 9.85. The lowest BCUT2D eigenvalue weighted by molar-refractivity contribution is 0.0985. The number of carbonyl (C=O) groups excluding carboxylic acids is 1. The van der Waals surface area contributed by atoms with Gasteiger partial charge in [-0.2, -0.15) is 11.3 Å². The van der Waals surface area contributed by atoms with E-state index in [4.69, 9.17) is 0 Å². The van der Waals surface area contributed by atoms with Crippen molar-refractivity contribution in [1.29, 1.82) is 0 Å². The van der Waals surface area contributed by atoms with Crippen molar-refractivity contribution in [3.8, 4) is 0 Å². The highest BCUT2D eigenvalue weighted by Crippen LogP contribution is 2.45. The summed E-state index contributed by atoms with van der Waals surface area (Å²) >= 11 is 1.53. The number of aromatic nitrogens is 1. The van der Waals surface area contributed by atoms with Gasteiger partial charge in [-0.25, -0.2) is 4.39 Å². The average molecular weight is 393 g/mol. The first-order chi connectivity index (χ1) is 13.6. The molecule has 0 bridgehead atoms. The van der Waals surface area contributed by atoms with Gasteiger partial charge in [-0.1, -0.05) is 12.1 Å². The Kier molecular flexibility index (Phi) is 4.25. The summed E-state index contributed by atoms with van der Waals surface area (Å²) in [5.41, 5.74) is 3.48. The lowest BCUT2D eigenvalue weighted by Gasteiger charge is -2.25. The second-order valence-electron chi connectivity index (χ2n) is 7.65. The van der Waals surface area contributed by atoms with Gasteiger partial charge in [0, 0.05) is 36.6 Å². The van der Waals surface area contributed by atoms with E-state index in [1.165, 1.54) is 17.4 Å². The standard InChI is InChI=1S/C22H20FN3OS/c23-18-4-1-3-16(11-18)12-25-9-7-22(14-25)15-26(19-5-2-8-24-20(19)22)21(27)17-6-10-28-13-17/h1-6,8,10-11,13H,7,9,12,14-15H2/t22-/m0/s1. The van der Waals surface area contributed by atoms with Crippen LogP contribution in [0, 0.1) is 5.82 Å². The molecule has 2 aliphatic rings. The largest absolute Gasteiger partial charge is 0.305 e. The topological polar surface area (TPSA) is 36.4 Å². The van der Waals surface area contributed by atoms with Crippen LogP contribution >= 0.6 is 11.3 Å². The van der Waals surface area contributed by atoms with Gasteiger partial charge in [-0.05, 0) is 54.2 Å². The van der Waals surface area contributed by atoms with Crippen LogP contribution in [0.25, 0.3) is 0 Å². The molecular weight excluding hydrogens is 373 g/mol. The molecule has 1 atom stereocenters. The molecule has 0 aliphatic carbocycles. The van der Waals surface area contributed by atoms with E-state index < -0.39 is 0 Å². The Labute approximate surface area is 167 Å². The summed E-state index contributed by atoms with van der Waals surface area (Å²) in [6, 6.07) is 12.5. The number of thiophene rings is 1. The fourth-order valence-electron chi connectivity index (χ4n) is 4.52. The monoisotopic (exact) mass is 393 g/mol. The van der Waals surface area contributed by atoms with Crippen LogP contribution in [-0.2, 0) is 12.0 Å². The number of likely N-dealkylation sites (tertiary alicyclic amines) is 1. The normalized spacial score (nSPS) is 21.4. The van der Waals surface area contributed by atoms with E-state index >= 15 is 0 Å². The van der Waals surface area contributed by atoms with Gasteiger partial charge in [0.1, 0.15) is 5.82 Å². The molecule has 142 valence electrons. The molecule has 0 saturated carbocycles. The first-order valence-electron chi connectivity index (χ1n) is 9.41. The Hall–Kier alpha value is -2.57. The van der Waals surface area contributed by atoms with Crippen LogP contribution < -0.4 is 4.90 Å². The minimum atomic E-state index is -0.202. The predicted octanol–water partition coefficient (Wildman–Crippen LogP) is 4.09. The Bertz CT molecular complexity index is 1020. The van der Waals surface area contributed by atoms with Crippen molar-refractivity contribution < 1.29 is 9.18 Å². The summed E-state index contributed by atoms with van der Waals surface area (Å²) in [5, 5.41) is 3.83. The molecular formula is C22H20FN3OS. The summed E-state index contributed by atoms with van der Waals surface area (Å²) in [6.45, 7) is 3.09. The minimum Gasteiger partial charge on any atom is -0.305 e. The van der Waals surface area contributed by atoms with Gasteiger partial charge in [0.05, 0.1) is 16.9 Å². The number of rotatable bonds is 3. The number of hydrogen-bond donors (Lipinski definition) is 0. The van der Waals surface area contributed by atoms with Crippen LogP contribution in [0.3, 0.4) is 0 Å². The number of nitrogens with zero attached hydrogens (tertiary/aromatic N) is 3. The van der Waals surface area contributed by atoms with Gasteiger partial charge in [0.25, 0.3) is 5.91 Å². The number of anilines is 1. The van der Waals surface area contributed by atoms with Crippen molar-refractivity contribution in [2.24, 2.45) is 0 Å². The second-order valence-corrected chi connectivity index (χ2v) is 8.43. The number of pyridine rings is 1. The number of amides is 1. The maximum atomic E-state index is 13.5. The van der Waals surface area contributed by atoms with Gasteiger partial charge < -0.3 is 4.90 Å². The van der Waals surface area contributed by atoms with Gasteiger partial charge in [-0.15, -0.1) is 0 Å². The minimum absolute atomic E-state index is 0.0379. The smallest absolute Gasteiger partial charge is 0.259 e. The van der Waals surface area contributed by atoms with Crippen molar-refractivity contribution in [2.45, 2.75) is 18.4 Å². The first kappa shape index (κ1) is 17.5. The van der Waals surface area contributed by atoms with Crippen molar-refractivity contribution >= 4 is 22.9 Å². The maximum Gasteiger partial charge on any atom is 0.259 e. The van der Waals surface area contributed by atoms with Gasteiger partial charge in [-0.3, -0.25) is 14.7 Å². The quantitative estimate of drug-likeness (QED) is 0.673. The van der Waals surface area contributed by atoms with Crippen LogP contribution in [0.15, 0.2) is 59.4 Å². The Morgan fingerprint density at radius 3 is 2.96 bits per heavy atom. The van der Waals surface area contributed by atoms with Gasteiger partial charge in [0.15, 0.2) is 0 Å². The van der Waals surface area contributed by atoms with E-state index in [1.807, 2.05) is 46.1 Å². The predicted molar refractivity (Wildman–Crippen MR) is 108 cm³/mol. The fourth-order valence-corrected chi connectivity index (χ4v) is 5.15. The van der Waals surface area contributed by atoms with Crippen molar-refractivity contribution in [1.82, 2.24) is 9.88 Å². The van der Waals surface area contributed by atoms with Crippen LogP contribution in [0.1, 0.15) is 28.0 Å². The molecule has 2 aliphatic heterocycles. The Balaban J connectivity index is 1.42. The molecule has 2 aromatic heterocycles. The van der Waals surface area contributed by atoms with Crippen LogP contribution in [-0.4, -0.2) is 35.4 Å². The van der Waals surface area contributed by atoms with Gasteiger partial charge in [0.2, 0.25) is 0 Å². The maximum absolute atomic E-state index is 13.5. The van der Waals surface area contributed by atoms with E-state index in [-0.39, 0.29) is 17.1 Å². The molecule has 5 rings (SSSR count). The number of benzene rings is 1. The van der Waals surface area contributed by atoms with E-state index in [0.717, 1.165) is 42.0 Å². The molecule has 1 aromatic carbocycles. The highest BCUT2D eigenvalue weighted by atomic mass is 32.1. The molecule has 0 radical (unpaired) electrons. The molecule has 4 nitrogen and oxygen atoms in total. The fraction of sp³-hybridized carbons (Fsp3) is 0.273. The van der Waals surface area contributed by atoms with Crippen molar-refractivity contribution in [3.63, 3.8) is 0 Å². The van der Waals surface area contributed by atoms with Crippen LogP contribution in [0.4, 0.5) is 10.1 Å². The Morgan fingerprint density at radius 2 is 2.14 bits per heavy atom. The molecule has 28 heavy (non-hydrogen) atoms. The van der Waals surface area contributed by atoms with Crippen molar-refractivity contribution in [2.75, 3.05) is 24.5 Å². The molecule has 1 saturated heterocycles. The van der Waals surface area contributed by atoms with Crippen LogP contribution in [0.2, 0.25) is 0 Å². The molecule has 3 aromatic rings. The number of fused-ring (bicyclic) bond motifs is 2. The van der Waals surface area contributed by atoms with Crippen molar-refractivity contribution in [3.05, 3.63) is 82.1 Å². The highest BCUT2D eigenvalue weighted by molar-refractivity contribution is 7.08. The zero-order valence-corrected chi connectivity index (χ0v) is 16.2. The SMILES string of the molecule is O=C(c1ccsc1)N1C[C@@]2(CCN(Cc3cccc(F)c3)C2)c2ncccc21. The third-order valence-corrected chi connectivity index (χ3v) is 6.46. The summed E-state index contributed by atoms with van der Waals surface area (Å²) in [6.07, 6.45) is 2.76. The first-order valence-corrected chi connectivity index (χ1v) is 10.4. The molecule has 1 fully saturated rings. The third-order valence-electron chi connectivity index (χ3n) is 5.78. The number of hydrogen-bond acceptors (Lipinski definition) is 4. The second kappa shape index (κ2) is 6.79. The molecule has 1 amide bonds. The molecule has 0 unspecified atom stereocenters. The summed E-state index contributed by atoms with van der Waals surface area (Å²) in [7, 11) is 0. The number of halogens is 1. The lowest BCUT2D eigenvalue weighted by Crippen LogP contribution is -2.39. The van der Waals surface area contributed by atoms with E-state index in [2.05, 4.69) is 9.88 Å². The summed E-state index contributed by atoms with van der Waals surface area (Å²) in [5.74, 6) is -0.164. The summed E-state index contributed by atoms with van der Waals surface area (Å²) in [4.78, 5) is 22.0. The van der Waals surface area contributed by atoms with E-state index in [9.17, 15) is 9.18 Å². The zero-order chi connectivity index (χ0) is 19.1. The molecule has 0 N–H and O–H groups in total. The average Bonchev–Trinajstić information content (AvgIpc) is 3.43. The van der Waals surface area contributed by atoms with E-state index in [1.54, 1.807) is 12.1 Å². The molecule has 4 heterocycles. The summed E-state index contributed by atoms with van der Waals surface area (Å²) < 4.78 is 13.5. The highest BCUT2D eigenvalue weighted by Gasteiger charge is 2.49. The Morgan fingerprint density at radius 1 is 1.21 bits per heavy atom.